The average Bonchev–Trinajstić information content (AvgIpc) is 2.49. The van der Waals surface area contributed by atoms with Crippen molar-refractivity contribution >= 4 is 35.0 Å². The van der Waals surface area contributed by atoms with Crippen LogP contribution in [0.25, 0.3) is 0 Å². The summed E-state index contributed by atoms with van der Waals surface area (Å²) in [5, 5.41) is 4.64. The normalized spacial score (nSPS) is 14.4. The van der Waals surface area contributed by atoms with Crippen molar-refractivity contribution in [3.8, 4) is 0 Å². The zero-order chi connectivity index (χ0) is 15.8. The van der Waals surface area contributed by atoms with Crippen LogP contribution in [0.15, 0.2) is 18.2 Å². The number of nitrogens with one attached hydrogen (secondary N) is 1. The first kappa shape index (κ1) is 19.1. The van der Waals surface area contributed by atoms with E-state index in [1.807, 2.05) is 30.9 Å². The third kappa shape index (κ3) is 5.65. The highest BCUT2D eigenvalue weighted by Gasteiger charge is 2.17. The first-order valence-electron chi connectivity index (χ1n) is 7.35. The molecule has 21 heavy (non-hydrogen) atoms. The van der Waals surface area contributed by atoms with E-state index in [0.29, 0.717) is 16.1 Å². The van der Waals surface area contributed by atoms with Gasteiger partial charge in [-0.1, -0.05) is 42.3 Å². The van der Waals surface area contributed by atoms with Crippen LogP contribution in [0.3, 0.4) is 0 Å². The van der Waals surface area contributed by atoms with Gasteiger partial charge in [-0.3, -0.25) is 0 Å². The maximum absolute atomic E-state index is 6.33. The minimum atomic E-state index is 0.227. The fraction of sp³-hybridized carbons (Fsp3) is 0.625. The van der Waals surface area contributed by atoms with E-state index in [1.165, 1.54) is 12.2 Å². The molecule has 5 heteroatoms. The Balaban J connectivity index is 2.68. The van der Waals surface area contributed by atoms with Crippen molar-refractivity contribution in [2.75, 3.05) is 32.6 Å². The summed E-state index contributed by atoms with van der Waals surface area (Å²) in [5.74, 6) is 1.18. The largest absolute Gasteiger partial charge is 0.313 e. The van der Waals surface area contributed by atoms with Crippen LogP contribution >= 0.6 is 35.0 Å². The lowest BCUT2D eigenvalue weighted by molar-refractivity contribution is 0.242. The van der Waals surface area contributed by atoms with Gasteiger partial charge in [-0.05, 0) is 51.4 Å². The number of hydrogen-bond donors (Lipinski definition) is 1. The topological polar surface area (TPSA) is 15.3 Å². The van der Waals surface area contributed by atoms with Crippen LogP contribution in [0.4, 0.5) is 0 Å². The molecule has 2 nitrogen and oxygen atoms in total. The smallest absolute Gasteiger partial charge is 0.0640 e. The van der Waals surface area contributed by atoms with Gasteiger partial charge in [0.25, 0.3) is 0 Å². The van der Waals surface area contributed by atoms with Crippen molar-refractivity contribution in [2.45, 2.75) is 31.8 Å². The Labute approximate surface area is 143 Å². The monoisotopic (exact) mass is 348 g/mol. The van der Waals surface area contributed by atoms with Crippen LogP contribution in [0, 0.1) is 0 Å². The van der Waals surface area contributed by atoms with Gasteiger partial charge >= 0.3 is 0 Å². The van der Waals surface area contributed by atoms with E-state index in [0.717, 1.165) is 18.5 Å². The van der Waals surface area contributed by atoms with Gasteiger partial charge in [-0.15, -0.1) is 0 Å². The molecule has 2 atom stereocenters. The van der Waals surface area contributed by atoms with Crippen molar-refractivity contribution < 1.29 is 0 Å². The van der Waals surface area contributed by atoms with Crippen molar-refractivity contribution in [3.63, 3.8) is 0 Å². The molecule has 0 radical (unpaired) electrons. The van der Waals surface area contributed by atoms with E-state index in [9.17, 15) is 0 Å². The molecule has 0 aromatic heterocycles. The molecule has 0 aliphatic heterocycles. The Morgan fingerprint density at radius 1 is 1.33 bits per heavy atom. The molecule has 0 bridgehead atoms. The Hall–Kier alpha value is 0.0700. The summed E-state index contributed by atoms with van der Waals surface area (Å²) in [7, 11) is 4.18. The number of halogens is 2. The fourth-order valence-corrected chi connectivity index (χ4v) is 3.82. The van der Waals surface area contributed by atoms with Gasteiger partial charge in [0.15, 0.2) is 0 Å². The molecule has 1 N–H and O–H groups in total. The summed E-state index contributed by atoms with van der Waals surface area (Å²) >= 11 is 14.4. The summed E-state index contributed by atoms with van der Waals surface area (Å²) in [4.78, 5) is 2.44. The highest BCUT2D eigenvalue weighted by Crippen LogP contribution is 2.31. The predicted octanol–water partition coefficient (Wildman–Crippen LogP) is 4.72. The molecule has 0 saturated carbocycles. The molecule has 0 saturated heterocycles. The summed E-state index contributed by atoms with van der Waals surface area (Å²) in [6.07, 6.45) is 4.36. The van der Waals surface area contributed by atoms with Gasteiger partial charge in [-0.2, -0.15) is 11.8 Å². The summed E-state index contributed by atoms with van der Waals surface area (Å²) in [6.45, 7) is 3.29. The number of nitrogens with zero attached hydrogens (tertiary/aromatic N) is 1. The quantitative estimate of drug-likeness (QED) is 0.695. The molecule has 0 aliphatic carbocycles. The molecule has 120 valence electrons. The lowest BCUT2D eigenvalue weighted by Gasteiger charge is -2.28. The highest BCUT2D eigenvalue weighted by molar-refractivity contribution is 7.98. The van der Waals surface area contributed by atoms with Crippen LogP contribution < -0.4 is 5.32 Å². The van der Waals surface area contributed by atoms with Crippen LogP contribution in [0.1, 0.15) is 31.4 Å². The molecule has 0 aliphatic rings. The second kappa shape index (κ2) is 9.96. The Morgan fingerprint density at radius 3 is 2.62 bits per heavy atom. The Morgan fingerprint density at radius 2 is 2.05 bits per heavy atom. The number of benzene rings is 1. The Bertz CT molecular complexity index is 429. The molecule has 1 aromatic carbocycles. The van der Waals surface area contributed by atoms with E-state index in [1.54, 1.807) is 0 Å². The van der Waals surface area contributed by atoms with Gasteiger partial charge < -0.3 is 10.2 Å². The van der Waals surface area contributed by atoms with Crippen molar-refractivity contribution in [3.05, 3.63) is 33.8 Å². The van der Waals surface area contributed by atoms with E-state index < -0.39 is 0 Å². The third-order valence-electron chi connectivity index (χ3n) is 3.93. The molecule has 0 spiro atoms. The van der Waals surface area contributed by atoms with E-state index in [4.69, 9.17) is 23.2 Å². The fourth-order valence-electron chi connectivity index (χ4n) is 2.51. The van der Waals surface area contributed by atoms with Crippen LogP contribution in [0.2, 0.25) is 10.0 Å². The predicted molar refractivity (Wildman–Crippen MR) is 98.0 cm³/mol. The number of thioether (sulfide) groups is 1. The summed E-state index contributed by atoms with van der Waals surface area (Å²) < 4.78 is 0. The average molecular weight is 349 g/mol. The minimum Gasteiger partial charge on any atom is -0.313 e. The molecule has 1 rings (SSSR count). The van der Waals surface area contributed by atoms with E-state index in [-0.39, 0.29) is 6.04 Å². The maximum atomic E-state index is 6.33. The molecule has 2 unspecified atom stereocenters. The zero-order valence-corrected chi connectivity index (χ0v) is 15.7. The molecular weight excluding hydrogens is 323 g/mol. The van der Waals surface area contributed by atoms with Gasteiger partial charge in [0.1, 0.15) is 0 Å². The molecule has 0 fully saturated rings. The lowest BCUT2D eigenvalue weighted by atomic mass is 10.0. The van der Waals surface area contributed by atoms with Gasteiger partial charge in [-0.25, -0.2) is 0 Å². The second-order valence-corrected chi connectivity index (χ2v) is 6.97. The van der Waals surface area contributed by atoms with Gasteiger partial charge in [0.2, 0.25) is 0 Å². The Kier molecular flexibility index (Phi) is 9.07. The van der Waals surface area contributed by atoms with Crippen molar-refractivity contribution in [2.24, 2.45) is 0 Å². The van der Waals surface area contributed by atoms with Crippen molar-refractivity contribution in [1.82, 2.24) is 10.2 Å². The van der Waals surface area contributed by atoms with Crippen LogP contribution in [-0.2, 0) is 0 Å². The SMILES string of the molecule is CCC(CSC)N(C)CCC(NC)c1cccc(Cl)c1Cl. The second-order valence-electron chi connectivity index (χ2n) is 5.27. The highest BCUT2D eigenvalue weighted by atomic mass is 35.5. The van der Waals surface area contributed by atoms with E-state index >= 15 is 0 Å². The molecule has 0 amide bonds. The van der Waals surface area contributed by atoms with Crippen LogP contribution in [-0.4, -0.2) is 43.6 Å². The lowest BCUT2D eigenvalue weighted by Crippen LogP contribution is -2.35. The minimum absolute atomic E-state index is 0.227. The van der Waals surface area contributed by atoms with Gasteiger partial charge in [0.05, 0.1) is 10.0 Å². The number of hydrogen-bond acceptors (Lipinski definition) is 3. The van der Waals surface area contributed by atoms with Gasteiger partial charge in [0, 0.05) is 17.8 Å². The maximum Gasteiger partial charge on any atom is 0.0640 e. The first-order valence-corrected chi connectivity index (χ1v) is 9.50. The summed E-state index contributed by atoms with van der Waals surface area (Å²) in [5.41, 5.74) is 1.08. The molecule has 1 aromatic rings. The molecule has 0 heterocycles. The third-order valence-corrected chi connectivity index (χ3v) is 5.48. The molecular formula is C16H26Cl2N2S. The standard InChI is InChI=1S/C16H26Cl2N2S/c1-5-12(11-21-4)20(3)10-9-15(19-2)13-7-6-8-14(17)16(13)18/h6-8,12,15,19H,5,9-11H2,1-4H3. The van der Waals surface area contributed by atoms with Crippen molar-refractivity contribution in [1.29, 1.82) is 0 Å². The number of rotatable bonds is 9. The van der Waals surface area contributed by atoms with Crippen LogP contribution in [0.5, 0.6) is 0 Å². The first-order chi connectivity index (χ1) is 10.0. The van der Waals surface area contributed by atoms with E-state index in [2.05, 4.69) is 36.5 Å². The summed E-state index contributed by atoms with van der Waals surface area (Å²) in [6, 6.07) is 6.70. The zero-order valence-electron chi connectivity index (χ0n) is 13.3.